The first-order valence-corrected chi connectivity index (χ1v) is 8.82. The van der Waals surface area contributed by atoms with Crippen LogP contribution in [-0.4, -0.2) is 26.0 Å². The van der Waals surface area contributed by atoms with Gasteiger partial charge in [0, 0.05) is 24.8 Å². The molecule has 1 fully saturated rings. The monoisotopic (exact) mass is 297 g/mol. The van der Waals surface area contributed by atoms with Gasteiger partial charge in [0.25, 0.3) is 0 Å². The summed E-state index contributed by atoms with van der Waals surface area (Å²) in [6.07, 6.45) is 8.02. The number of aromatic nitrogens is 1. The van der Waals surface area contributed by atoms with Crippen molar-refractivity contribution in [2.45, 2.75) is 56.4 Å². The van der Waals surface area contributed by atoms with Gasteiger partial charge in [0.15, 0.2) is 0 Å². The summed E-state index contributed by atoms with van der Waals surface area (Å²) in [6, 6.07) is 3.20. The Hall–Kier alpha value is -1.14. The predicted octanol–water partition coefficient (Wildman–Crippen LogP) is 2.51. The number of sulfonamides is 1. The zero-order valence-electron chi connectivity index (χ0n) is 11.9. The van der Waals surface area contributed by atoms with Crippen LogP contribution in [0, 0.1) is 0 Å². The first-order chi connectivity index (χ1) is 9.62. The first-order valence-electron chi connectivity index (χ1n) is 7.34. The summed E-state index contributed by atoms with van der Waals surface area (Å²) in [4.78, 5) is 4.39. The van der Waals surface area contributed by atoms with Gasteiger partial charge in [0.2, 0.25) is 10.0 Å². The van der Waals surface area contributed by atoms with Crippen molar-refractivity contribution < 1.29 is 8.42 Å². The van der Waals surface area contributed by atoms with E-state index in [1.54, 1.807) is 12.1 Å². The molecule has 2 N–H and O–H groups in total. The van der Waals surface area contributed by atoms with Gasteiger partial charge >= 0.3 is 0 Å². The zero-order valence-corrected chi connectivity index (χ0v) is 12.7. The highest BCUT2D eigenvalue weighted by molar-refractivity contribution is 7.89. The predicted molar refractivity (Wildman–Crippen MR) is 80.2 cm³/mol. The normalized spacial score (nSPS) is 17.6. The number of pyridine rings is 1. The van der Waals surface area contributed by atoms with E-state index in [0.717, 1.165) is 25.7 Å². The van der Waals surface area contributed by atoms with Gasteiger partial charge in [0.1, 0.15) is 5.82 Å². The van der Waals surface area contributed by atoms with E-state index in [-0.39, 0.29) is 10.9 Å². The van der Waals surface area contributed by atoms with E-state index in [0.29, 0.717) is 12.4 Å². The molecule has 0 amide bonds. The third-order valence-electron chi connectivity index (χ3n) is 3.58. The van der Waals surface area contributed by atoms with Crippen LogP contribution in [0.1, 0.15) is 45.4 Å². The van der Waals surface area contributed by atoms with Crippen molar-refractivity contribution in [3.63, 3.8) is 0 Å². The lowest BCUT2D eigenvalue weighted by atomic mass is 10.1. The SMILES string of the molecule is CCNc1cc(S(=O)(=O)NC2CCCCCC2)ccn1. The molecule has 0 saturated heterocycles. The molecule has 20 heavy (non-hydrogen) atoms. The lowest BCUT2D eigenvalue weighted by molar-refractivity contribution is 0.510. The minimum atomic E-state index is -3.45. The molecule has 1 saturated carbocycles. The average Bonchev–Trinajstić information content (AvgIpc) is 2.68. The molecule has 1 aromatic rings. The second kappa shape index (κ2) is 7.04. The van der Waals surface area contributed by atoms with E-state index in [1.165, 1.54) is 19.0 Å². The molecule has 1 aromatic heterocycles. The van der Waals surface area contributed by atoms with E-state index >= 15 is 0 Å². The van der Waals surface area contributed by atoms with Crippen molar-refractivity contribution in [3.8, 4) is 0 Å². The molecule has 6 heteroatoms. The summed E-state index contributed by atoms with van der Waals surface area (Å²) in [7, 11) is -3.45. The quantitative estimate of drug-likeness (QED) is 0.819. The second-order valence-corrected chi connectivity index (χ2v) is 6.93. The maximum atomic E-state index is 12.4. The molecule has 0 spiro atoms. The summed E-state index contributed by atoms with van der Waals surface area (Å²) in [5, 5.41) is 3.03. The molecule has 5 nitrogen and oxygen atoms in total. The van der Waals surface area contributed by atoms with E-state index in [2.05, 4.69) is 15.0 Å². The number of nitrogens with one attached hydrogen (secondary N) is 2. The van der Waals surface area contributed by atoms with Gasteiger partial charge in [0.05, 0.1) is 4.90 Å². The summed E-state index contributed by atoms with van der Waals surface area (Å²) < 4.78 is 27.6. The highest BCUT2D eigenvalue weighted by Gasteiger charge is 2.21. The van der Waals surface area contributed by atoms with E-state index in [1.807, 2.05) is 6.92 Å². The molecule has 0 aromatic carbocycles. The maximum Gasteiger partial charge on any atom is 0.241 e. The lowest BCUT2D eigenvalue weighted by Gasteiger charge is -2.16. The Balaban J connectivity index is 2.10. The van der Waals surface area contributed by atoms with Crippen molar-refractivity contribution in [2.75, 3.05) is 11.9 Å². The molecule has 0 aliphatic heterocycles. The fourth-order valence-electron chi connectivity index (χ4n) is 2.54. The molecule has 1 heterocycles. The number of hydrogen-bond donors (Lipinski definition) is 2. The van der Waals surface area contributed by atoms with Crippen molar-refractivity contribution in [1.29, 1.82) is 0 Å². The van der Waals surface area contributed by atoms with E-state index < -0.39 is 10.0 Å². The summed E-state index contributed by atoms with van der Waals surface area (Å²) >= 11 is 0. The minimum absolute atomic E-state index is 0.0678. The maximum absolute atomic E-state index is 12.4. The lowest BCUT2D eigenvalue weighted by Crippen LogP contribution is -2.34. The topological polar surface area (TPSA) is 71.1 Å². The Morgan fingerprint density at radius 3 is 2.60 bits per heavy atom. The van der Waals surface area contributed by atoms with Crippen LogP contribution in [0.25, 0.3) is 0 Å². The van der Waals surface area contributed by atoms with Gasteiger partial charge in [-0.15, -0.1) is 0 Å². The van der Waals surface area contributed by atoms with Gasteiger partial charge in [-0.25, -0.2) is 18.1 Å². The Kier molecular flexibility index (Phi) is 5.37. The van der Waals surface area contributed by atoms with Crippen molar-refractivity contribution in [2.24, 2.45) is 0 Å². The molecule has 2 rings (SSSR count). The largest absolute Gasteiger partial charge is 0.370 e. The van der Waals surface area contributed by atoms with E-state index in [9.17, 15) is 8.42 Å². The van der Waals surface area contributed by atoms with Gasteiger partial charge < -0.3 is 5.32 Å². The van der Waals surface area contributed by atoms with Gasteiger partial charge in [-0.3, -0.25) is 0 Å². The first kappa shape index (κ1) is 15.3. The minimum Gasteiger partial charge on any atom is -0.370 e. The van der Waals surface area contributed by atoms with Crippen LogP contribution in [0.15, 0.2) is 23.2 Å². The summed E-state index contributed by atoms with van der Waals surface area (Å²) in [5.74, 6) is 0.594. The van der Waals surface area contributed by atoms with Gasteiger partial charge in [-0.1, -0.05) is 25.7 Å². The smallest absolute Gasteiger partial charge is 0.241 e. The number of anilines is 1. The molecular weight excluding hydrogens is 274 g/mol. The fourth-order valence-corrected chi connectivity index (χ4v) is 3.86. The highest BCUT2D eigenvalue weighted by Crippen LogP contribution is 2.20. The van der Waals surface area contributed by atoms with Crippen molar-refractivity contribution >= 4 is 15.8 Å². The van der Waals surface area contributed by atoms with Crippen LogP contribution in [0.4, 0.5) is 5.82 Å². The summed E-state index contributed by atoms with van der Waals surface area (Å²) in [6.45, 7) is 2.67. The second-order valence-electron chi connectivity index (χ2n) is 5.22. The van der Waals surface area contributed by atoms with Gasteiger partial charge in [-0.05, 0) is 25.8 Å². The Bertz CT molecular complexity index is 523. The summed E-state index contributed by atoms with van der Waals surface area (Å²) in [5.41, 5.74) is 0. The molecule has 0 unspecified atom stereocenters. The Morgan fingerprint density at radius 1 is 1.25 bits per heavy atom. The number of hydrogen-bond acceptors (Lipinski definition) is 4. The zero-order chi connectivity index (χ0) is 14.4. The Labute approximate surface area is 121 Å². The van der Waals surface area contributed by atoms with Crippen LogP contribution in [0.5, 0.6) is 0 Å². The van der Waals surface area contributed by atoms with Gasteiger partial charge in [-0.2, -0.15) is 0 Å². The van der Waals surface area contributed by atoms with E-state index in [4.69, 9.17) is 0 Å². The molecular formula is C14H23N3O2S. The standard InChI is InChI=1S/C14H23N3O2S/c1-2-15-14-11-13(9-10-16-14)20(18,19)17-12-7-5-3-4-6-8-12/h9-12,17H,2-8H2,1H3,(H,15,16). The number of rotatable bonds is 5. The van der Waals surface area contributed by atoms with Crippen LogP contribution >= 0.6 is 0 Å². The molecule has 112 valence electrons. The van der Waals surface area contributed by atoms with Crippen molar-refractivity contribution in [1.82, 2.24) is 9.71 Å². The molecule has 1 aliphatic rings. The van der Waals surface area contributed by atoms with Crippen molar-refractivity contribution in [3.05, 3.63) is 18.3 Å². The fraction of sp³-hybridized carbons (Fsp3) is 0.643. The van der Waals surface area contributed by atoms with Crippen LogP contribution in [-0.2, 0) is 10.0 Å². The van der Waals surface area contributed by atoms with Crippen LogP contribution in [0.3, 0.4) is 0 Å². The molecule has 0 atom stereocenters. The average molecular weight is 297 g/mol. The molecule has 0 bridgehead atoms. The highest BCUT2D eigenvalue weighted by atomic mass is 32.2. The van der Waals surface area contributed by atoms with Crippen LogP contribution in [0.2, 0.25) is 0 Å². The molecule has 0 radical (unpaired) electrons. The third-order valence-corrected chi connectivity index (χ3v) is 5.09. The molecule has 1 aliphatic carbocycles. The van der Waals surface area contributed by atoms with Crippen LogP contribution < -0.4 is 10.0 Å². The Morgan fingerprint density at radius 2 is 1.95 bits per heavy atom. The third kappa shape index (κ3) is 4.18. The number of nitrogens with zero attached hydrogens (tertiary/aromatic N) is 1.